The average molecular weight is 354 g/mol. The van der Waals surface area contributed by atoms with Gasteiger partial charge in [-0.3, -0.25) is 5.43 Å². The molecule has 0 unspecified atom stereocenters. The molecule has 132 valence electrons. The minimum absolute atomic E-state index is 0.432. The van der Waals surface area contributed by atoms with Gasteiger partial charge in [-0.15, -0.1) is 0 Å². The van der Waals surface area contributed by atoms with E-state index in [0.29, 0.717) is 17.4 Å². The summed E-state index contributed by atoms with van der Waals surface area (Å²) in [6.45, 7) is 2.03. The predicted octanol–water partition coefficient (Wildman–Crippen LogP) is 4.91. The van der Waals surface area contributed by atoms with E-state index in [-0.39, 0.29) is 0 Å². The number of hydrogen-bond acceptors (Lipinski definition) is 5. The normalized spacial score (nSPS) is 11.4. The molecule has 0 saturated carbocycles. The first-order valence-corrected chi connectivity index (χ1v) is 8.65. The zero-order chi connectivity index (χ0) is 18.5. The van der Waals surface area contributed by atoms with Crippen LogP contribution in [-0.2, 0) is 0 Å². The lowest BCUT2D eigenvalue weighted by molar-refractivity contribution is 0.429. The number of aryl methyl sites for hydroxylation is 1. The van der Waals surface area contributed by atoms with Gasteiger partial charge in [0.05, 0.1) is 5.69 Å². The molecule has 0 aliphatic rings. The summed E-state index contributed by atoms with van der Waals surface area (Å²) in [5.41, 5.74) is 7.48. The third-order valence-electron chi connectivity index (χ3n) is 4.02. The van der Waals surface area contributed by atoms with Gasteiger partial charge in [0.1, 0.15) is 5.71 Å². The molecule has 1 aromatic heterocycles. The molecule has 0 atom stereocenters. The number of hydrazone groups is 1. The molecular weight excluding hydrogens is 336 g/mol. The number of para-hydroxylation sites is 1. The fraction of sp³-hybridized carbons (Fsp3) is 0.0455. The third kappa shape index (κ3) is 3.93. The van der Waals surface area contributed by atoms with Crippen molar-refractivity contribution >= 4 is 11.4 Å². The number of hydrogen-bond donors (Lipinski definition) is 1. The molecular formula is C22H18N4O. The van der Waals surface area contributed by atoms with Crippen molar-refractivity contribution in [3.8, 4) is 11.5 Å². The van der Waals surface area contributed by atoms with E-state index in [4.69, 9.17) is 4.52 Å². The van der Waals surface area contributed by atoms with E-state index >= 15 is 0 Å². The lowest BCUT2D eigenvalue weighted by Gasteiger charge is -2.04. The minimum atomic E-state index is 0.432. The zero-order valence-electron chi connectivity index (χ0n) is 14.8. The maximum absolute atomic E-state index is 5.49. The second-order valence-electron chi connectivity index (χ2n) is 6.10. The summed E-state index contributed by atoms with van der Waals surface area (Å²) in [6.07, 6.45) is 0. The average Bonchev–Trinajstić information content (AvgIpc) is 3.20. The van der Waals surface area contributed by atoms with E-state index in [1.54, 1.807) is 0 Å². The smallest absolute Gasteiger partial charge is 0.258 e. The predicted molar refractivity (Wildman–Crippen MR) is 107 cm³/mol. The number of anilines is 1. The molecule has 3 aromatic carbocycles. The summed E-state index contributed by atoms with van der Waals surface area (Å²) >= 11 is 0. The first-order chi connectivity index (χ1) is 13.3. The fourth-order valence-corrected chi connectivity index (χ4v) is 2.69. The molecule has 1 N–H and O–H groups in total. The lowest BCUT2D eigenvalue weighted by Crippen LogP contribution is -2.08. The Morgan fingerprint density at radius 1 is 0.889 bits per heavy atom. The van der Waals surface area contributed by atoms with Crippen LogP contribution in [0.1, 0.15) is 17.0 Å². The van der Waals surface area contributed by atoms with Gasteiger partial charge in [-0.2, -0.15) is 10.1 Å². The van der Waals surface area contributed by atoms with Gasteiger partial charge in [0, 0.05) is 11.1 Å². The van der Waals surface area contributed by atoms with Crippen LogP contribution in [0.2, 0.25) is 0 Å². The van der Waals surface area contributed by atoms with Crippen LogP contribution in [0, 0.1) is 6.92 Å². The molecule has 4 aromatic rings. The molecule has 0 radical (unpaired) electrons. The second kappa shape index (κ2) is 7.66. The van der Waals surface area contributed by atoms with Crippen molar-refractivity contribution in [1.29, 1.82) is 0 Å². The van der Waals surface area contributed by atoms with E-state index in [0.717, 1.165) is 22.4 Å². The molecule has 0 fully saturated rings. The van der Waals surface area contributed by atoms with Crippen LogP contribution in [0.15, 0.2) is 94.6 Å². The Kier molecular flexibility index (Phi) is 4.74. The molecule has 27 heavy (non-hydrogen) atoms. The number of rotatable bonds is 5. The molecule has 0 aliphatic carbocycles. The molecule has 0 aliphatic heterocycles. The summed E-state index contributed by atoms with van der Waals surface area (Å²) < 4.78 is 5.49. The summed E-state index contributed by atoms with van der Waals surface area (Å²) in [6, 6.07) is 27.5. The van der Waals surface area contributed by atoms with Crippen LogP contribution in [-0.4, -0.2) is 15.9 Å². The van der Waals surface area contributed by atoms with Crippen molar-refractivity contribution in [1.82, 2.24) is 10.1 Å². The highest BCUT2D eigenvalue weighted by Crippen LogP contribution is 2.20. The SMILES string of the molecule is Cc1cccc(-c2nc(/C(=N/Nc3ccccc3)c3ccccc3)no2)c1. The lowest BCUT2D eigenvalue weighted by atomic mass is 10.1. The van der Waals surface area contributed by atoms with Crippen LogP contribution < -0.4 is 5.43 Å². The highest BCUT2D eigenvalue weighted by Gasteiger charge is 2.16. The summed E-state index contributed by atoms with van der Waals surface area (Å²) in [5.74, 6) is 0.901. The standard InChI is InChI=1S/C22H18N4O/c1-16-9-8-12-18(15-16)22-23-21(26-27-22)20(17-10-4-2-5-11-17)25-24-19-13-6-3-7-14-19/h2-15,24H,1H3/b25-20+. The highest BCUT2D eigenvalue weighted by atomic mass is 16.5. The Morgan fingerprint density at radius 3 is 2.37 bits per heavy atom. The first kappa shape index (κ1) is 16.7. The molecule has 5 heteroatoms. The second-order valence-corrected chi connectivity index (χ2v) is 6.10. The van der Waals surface area contributed by atoms with Crippen LogP contribution in [0.3, 0.4) is 0 Å². The molecule has 0 spiro atoms. The summed E-state index contributed by atoms with van der Waals surface area (Å²) in [7, 11) is 0. The van der Waals surface area contributed by atoms with Crippen LogP contribution in [0.4, 0.5) is 5.69 Å². The molecule has 0 saturated heterocycles. The number of benzene rings is 3. The van der Waals surface area contributed by atoms with Crippen molar-refractivity contribution in [3.05, 3.63) is 102 Å². The molecule has 0 amide bonds. The Morgan fingerprint density at radius 2 is 1.63 bits per heavy atom. The van der Waals surface area contributed by atoms with Crippen molar-refractivity contribution in [2.45, 2.75) is 6.92 Å². The van der Waals surface area contributed by atoms with Gasteiger partial charge >= 0.3 is 0 Å². The van der Waals surface area contributed by atoms with Crippen LogP contribution >= 0.6 is 0 Å². The Bertz CT molecular complexity index is 1060. The Hall–Kier alpha value is -3.73. The van der Waals surface area contributed by atoms with Crippen molar-refractivity contribution < 1.29 is 4.52 Å². The van der Waals surface area contributed by atoms with Gasteiger partial charge in [-0.05, 0) is 31.2 Å². The van der Waals surface area contributed by atoms with Gasteiger partial charge in [0.25, 0.3) is 5.89 Å². The highest BCUT2D eigenvalue weighted by molar-refractivity contribution is 6.10. The zero-order valence-corrected chi connectivity index (χ0v) is 14.8. The van der Waals surface area contributed by atoms with Crippen molar-refractivity contribution in [3.63, 3.8) is 0 Å². The summed E-state index contributed by atoms with van der Waals surface area (Å²) in [5, 5.41) is 8.70. The Labute approximate surface area is 157 Å². The van der Waals surface area contributed by atoms with E-state index < -0.39 is 0 Å². The summed E-state index contributed by atoms with van der Waals surface area (Å²) in [4.78, 5) is 4.56. The quantitative estimate of drug-likeness (QED) is 0.408. The fourth-order valence-electron chi connectivity index (χ4n) is 2.69. The number of nitrogens with zero attached hydrogens (tertiary/aromatic N) is 3. The maximum Gasteiger partial charge on any atom is 0.258 e. The van der Waals surface area contributed by atoms with Gasteiger partial charge in [0.2, 0.25) is 5.82 Å². The molecule has 1 heterocycles. The van der Waals surface area contributed by atoms with Crippen molar-refractivity contribution in [2.24, 2.45) is 5.10 Å². The maximum atomic E-state index is 5.49. The van der Waals surface area contributed by atoms with E-state index in [9.17, 15) is 0 Å². The monoisotopic (exact) mass is 354 g/mol. The van der Waals surface area contributed by atoms with Gasteiger partial charge < -0.3 is 4.52 Å². The number of nitrogens with one attached hydrogen (secondary N) is 1. The van der Waals surface area contributed by atoms with E-state index in [1.165, 1.54) is 0 Å². The minimum Gasteiger partial charge on any atom is -0.334 e. The van der Waals surface area contributed by atoms with Gasteiger partial charge in [-0.1, -0.05) is 71.4 Å². The van der Waals surface area contributed by atoms with Crippen LogP contribution in [0.25, 0.3) is 11.5 Å². The molecule has 0 bridgehead atoms. The van der Waals surface area contributed by atoms with Gasteiger partial charge in [0.15, 0.2) is 0 Å². The first-order valence-electron chi connectivity index (χ1n) is 8.65. The molecule has 5 nitrogen and oxygen atoms in total. The Balaban J connectivity index is 1.71. The van der Waals surface area contributed by atoms with Gasteiger partial charge in [-0.25, -0.2) is 0 Å². The van der Waals surface area contributed by atoms with E-state index in [1.807, 2.05) is 91.9 Å². The molecule has 4 rings (SSSR count). The largest absolute Gasteiger partial charge is 0.334 e. The van der Waals surface area contributed by atoms with Crippen LogP contribution in [0.5, 0.6) is 0 Å². The van der Waals surface area contributed by atoms with E-state index in [2.05, 4.69) is 20.7 Å². The van der Waals surface area contributed by atoms with Crippen molar-refractivity contribution in [2.75, 3.05) is 5.43 Å². The number of aromatic nitrogens is 2. The third-order valence-corrected chi connectivity index (χ3v) is 4.02. The topological polar surface area (TPSA) is 63.3 Å².